The summed E-state index contributed by atoms with van der Waals surface area (Å²) in [7, 11) is 1.35. The fraction of sp³-hybridized carbons (Fsp3) is 0.194. The highest BCUT2D eigenvalue weighted by Crippen LogP contribution is 2.41. The van der Waals surface area contributed by atoms with Crippen molar-refractivity contribution in [3.63, 3.8) is 0 Å². The predicted octanol–water partition coefficient (Wildman–Crippen LogP) is 7.28. The van der Waals surface area contributed by atoms with Crippen LogP contribution in [0.15, 0.2) is 83.8 Å². The number of amides is 2. The van der Waals surface area contributed by atoms with Crippen molar-refractivity contribution in [2.45, 2.75) is 35.8 Å². The second kappa shape index (κ2) is 12.5. The molecule has 40 heavy (non-hydrogen) atoms. The summed E-state index contributed by atoms with van der Waals surface area (Å²) in [6, 6.07) is 21.9. The SMILES string of the molecule is COC(=O)c1c(NC(=O)C(Sc2cccc(NC(=O)c3ccc(F)cc3)c2)c2ccccc2)sc2c1CCCC2. The minimum Gasteiger partial charge on any atom is -0.465 e. The molecule has 1 aliphatic carbocycles. The lowest BCUT2D eigenvalue weighted by Crippen LogP contribution is -2.20. The zero-order valence-electron chi connectivity index (χ0n) is 21.7. The highest BCUT2D eigenvalue weighted by molar-refractivity contribution is 8.00. The minimum absolute atomic E-state index is 0.263. The Bertz CT molecular complexity index is 1540. The number of anilines is 2. The van der Waals surface area contributed by atoms with E-state index in [4.69, 9.17) is 4.74 Å². The van der Waals surface area contributed by atoms with E-state index >= 15 is 0 Å². The average Bonchev–Trinajstić information content (AvgIpc) is 3.34. The second-order valence-electron chi connectivity index (χ2n) is 9.29. The first-order valence-electron chi connectivity index (χ1n) is 12.8. The molecule has 6 nitrogen and oxygen atoms in total. The zero-order valence-corrected chi connectivity index (χ0v) is 23.4. The number of methoxy groups -OCH3 is 1. The van der Waals surface area contributed by atoms with E-state index in [2.05, 4.69) is 10.6 Å². The minimum atomic E-state index is -0.631. The van der Waals surface area contributed by atoms with Gasteiger partial charge in [-0.1, -0.05) is 36.4 Å². The number of thioether (sulfide) groups is 1. The second-order valence-corrected chi connectivity index (χ2v) is 11.6. The van der Waals surface area contributed by atoms with Crippen molar-refractivity contribution in [2.24, 2.45) is 0 Å². The van der Waals surface area contributed by atoms with Crippen LogP contribution < -0.4 is 10.6 Å². The van der Waals surface area contributed by atoms with E-state index in [9.17, 15) is 18.8 Å². The quantitative estimate of drug-likeness (QED) is 0.171. The molecule has 3 aromatic carbocycles. The lowest BCUT2D eigenvalue weighted by Gasteiger charge is -2.18. The standard InChI is InChI=1S/C31H27FN2O4S2/c1-38-31(37)26-24-12-5-6-13-25(24)40-30(26)34-29(36)27(19-8-3-2-4-9-19)39-23-11-7-10-22(18-23)33-28(35)20-14-16-21(32)17-15-20/h2-4,7-11,14-18,27H,5-6,12-13H2,1H3,(H,33,35)(H,34,36). The highest BCUT2D eigenvalue weighted by atomic mass is 32.2. The third-order valence-corrected chi connectivity index (χ3v) is 9.05. The molecule has 0 fully saturated rings. The largest absolute Gasteiger partial charge is 0.465 e. The molecule has 4 aromatic rings. The highest BCUT2D eigenvalue weighted by Gasteiger charge is 2.29. The Hall–Kier alpha value is -3.95. The summed E-state index contributed by atoms with van der Waals surface area (Å²) in [5.41, 5.74) is 3.11. The summed E-state index contributed by atoms with van der Waals surface area (Å²) >= 11 is 2.79. The van der Waals surface area contributed by atoms with Crippen molar-refractivity contribution in [3.8, 4) is 0 Å². The summed E-state index contributed by atoms with van der Waals surface area (Å²) in [6.07, 6.45) is 3.72. The van der Waals surface area contributed by atoms with E-state index in [0.717, 1.165) is 46.6 Å². The molecule has 0 saturated heterocycles. The zero-order chi connectivity index (χ0) is 28.1. The van der Waals surface area contributed by atoms with E-state index in [1.165, 1.54) is 54.5 Å². The van der Waals surface area contributed by atoms with Crippen molar-refractivity contribution in [2.75, 3.05) is 17.7 Å². The third kappa shape index (κ3) is 6.26. The molecule has 1 heterocycles. The first-order valence-corrected chi connectivity index (χ1v) is 14.5. The molecule has 1 unspecified atom stereocenters. The van der Waals surface area contributed by atoms with Gasteiger partial charge < -0.3 is 15.4 Å². The summed E-state index contributed by atoms with van der Waals surface area (Å²) in [5, 5.41) is 5.75. The Morgan fingerprint density at radius 3 is 2.42 bits per heavy atom. The van der Waals surface area contributed by atoms with Gasteiger partial charge in [0.2, 0.25) is 5.91 Å². The molecule has 1 atom stereocenters. The molecular weight excluding hydrogens is 547 g/mol. The lowest BCUT2D eigenvalue weighted by atomic mass is 9.95. The Labute approximate surface area is 240 Å². The predicted molar refractivity (Wildman–Crippen MR) is 157 cm³/mol. The van der Waals surface area contributed by atoms with Crippen molar-refractivity contribution in [1.82, 2.24) is 0 Å². The van der Waals surface area contributed by atoms with Crippen LogP contribution in [-0.2, 0) is 22.4 Å². The van der Waals surface area contributed by atoms with E-state index in [1.54, 1.807) is 18.2 Å². The van der Waals surface area contributed by atoms with Crippen LogP contribution in [-0.4, -0.2) is 24.9 Å². The summed E-state index contributed by atoms with van der Waals surface area (Å²) < 4.78 is 18.3. The van der Waals surface area contributed by atoms with Crippen LogP contribution in [0.1, 0.15) is 54.8 Å². The number of hydrogen-bond donors (Lipinski definition) is 2. The number of esters is 1. The molecule has 2 amide bonds. The number of thiophene rings is 1. The molecular formula is C31H27FN2O4S2. The summed E-state index contributed by atoms with van der Waals surface area (Å²) in [4.78, 5) is 41.0. The molecule has 0 radical (unpaired) electrons. The van der Waals surface area contributed by atoms with Gasteiger partial charge in [0.25, 0.3) is 5.91 Å². The van der Waals surface area contributed by atoms with Gasteiger partial charge in [-0.3, -0.25) is 9.59 Å². The van der Waals surface area contributed by atoms with E-state index in [1.807, 2.05) is 36.4 Å². The van der Waals surface area contributed by atoms with Crippen LogP contribution >= 0.6 is 23.1 Å². The Morgan fingerprint density at radius 2 is 1.68 bits per heavy atom. The van der Waals surface area contributed by atoms with Crippen molar-refractivity contribution < 1.29 is 23.5 Å². The molecule has 9 heteroatoms. The normalized spacial score (nSPS) is 13.2. The number of rotatable bonds is 8. The number of nitrogens with one attached hydrogen (secondary N) is 2. The van der Waals surface area contributed by atoms with Gasteiger partial charge in [-0.05, 0) is 79.3 Å². The first-order chi connectivity index (χ1) is 19.4. The number of aryl methyl sites for hydroxylation is 1. The Balaban J connectivity index is 1.39. The Kier molecular flexibility index (Phi) is 8.62. The van der Waals surface area contributed by atoms with Gasteiger partial charge in [0.15, 0.2) is 0 Å². The Morgan fingerprint density at radius 1 is 0.925 bits per heavy atom. The summed E-state index contributed by atoms with van der Waals surface area (Å²) in [5.74, 6) is -1.48. The molecule has 0 aliphatic heterocycles. The van der Waals surface area contributed by atoms with Gasteiger partial charge in [0, 0.05) is 21.0 Å². The molecule has 5 rings (SSSR count). The number of benzene rings is 3. The van der Waals surface area contributed by atoms with Gasteiger partial charge in [-0.2, -0.15) is 0 Å². The molecule has 2 N–H and O–H groups in total. The van der Waals surface area contributed by atoms with Crippen LogP contribution in [0.3, 0.4) is 0 Å². The average molecular weight is 575 g/mol. The molecule has 0 bridgehead atoms. The smallest absolute Gasteiger partial charge is 0.341 e. The van der Waals surface area contributed by atoms with Crippen LogP contribution in [0.4, 0.5) is 15.1 Å². The fourth-order valence-corrected chi connectivity index (χ4v) is 7.00. The maximum Gasteiger partial charge on any atom is 0.341 e. The van der Waals surface area contributed by atoms with Gasteiger partial charge in [-0.25, -0.2) is 9.18 Å². The van der Waals surface area contributed by atoms with Gasteiger partial charge in [-0.15, -0.1) is 23.1 Å². The van der Waals surface area contributed by atoms with Gasteiger partial charge in [0.05, 0.1) is 12.7 Å². The van der Waals surface area contributed by atoms with Gasteiger partial charge >= 0.3 is 5.97 Å². The number of carbonyl (C=O) groups is 3. The monoisotopic (exact) mass is 574 g/mol. The lowest BCUT2D eigenvalue weighted by molar-refractivity contribution is -0.115. The topological polar surface area (TPSA) is 84.5 Å². The molecule has 0 saturated carbocycles. The molecule has 1 aliphatic rings. The van der Waals surface area contributed by atoms with Crippen LogP contribution in [0, 0.1) is 5.82 Å². The van der Waals surface area contributed by atoms with Gasteiger partial charge in [0.1, 0.15) is 16.1 Å². The number of hydrogen-bond acceptors (Lipinski definition) is 6. The maximum absolute atomic E-state index is 13.8. The van der Waals surface area contributed by atoms with E-state index < -0.39 is 17.0 Å². The maximum atomic E-state index is 13.8. The molecule has 0 spiro atoms. The van der Waals surface area contributed by atoms with Crippen molar-refractivity contribution in [3.05, 3.63) is 112 Å². The first kappa shape index (κ1) is 27.6. The van der Waals surface area contributed by atoms with Crippen LogP contribution in [0.2, 0.25) is 0 Å². The number of halogens is 1. The van der Waals surface area contributed by atoms with E-state index in [0.29, 0.717) is 21.8 Å². The fourth-order valence-electron chi connectivity index (χ4n) is 4.64. The summed E-state index contributed by atoms with van der Waals surface area (Å²) in [6.45, 7) is 0. The third-order valence-electron chi connectivity index (χ3n) is 6.59. The van der Waals surface area contributed by atoms with Crippen LogP contribution in [0.25, 0.3) is 0 Å². The number of carbonyl (C=O) groups excluding carboxylic acids is 3. The van der Waals surface area contributed by atoms with Crippen LogP contribution in [0.5, 0.6) is 0 Å². The molecule has 204 valence electrons. The molecule has 1 aromatic heterocycles. The number of ether oxygens (including phenoxy) is 1. The number of fused-ring (bicyclic) bond motifs is 1. The van der Waals surface area contributed by atoms with E-state index in [-0.39, 0.29) is 11.8 Å². The van der Waals surface area contributed by atoms with Crippen molar-refractivity contribution in [1.29, 1.82) is 0 Å². The van der Waals surface area contributed by atoms with Crippen molar-refractivity contribution >= 4 is 51.6 Å².